The molecular formula is C53H78N10O13. The van der Waals surface area contributed by atoms with Crippen LogP contribution in [-0.2, 0) is 65.5 Å². The molecule has 2 fully saturated rings. The van der Waals surface area contributed by atoms with Crippen LogP contribution in [-0.4, -0.2) is 155 Å². The number of hydrogen-bond donors (Lipinski definition) is 9. The Bertz CT molecular complexity index is 2330. The predicted octanol–water partition coefficient (Wildman–Crippen LogP) is 0.706. The second-order valence-electron chi connectivity index (χ2n) is 19.7. The lowest BCUT2D eigenvalue weighted by molar-refractivity contribution is -0.165. The van der Waals surface area contributed by atoms with Gasteiger partial charge in [0.1, 0.15) is 60.4 Å². The van der Waals surface area contributed by atoms with Gasteiger partial charge in [0.25, 0.3) is 0 Å². The maximum atomic E-state index is 15.1. The van der Waals surface area contributed by atoms with Gasteiger partial charge in [0.2, 0.25) is 41.4 Å². The molecule has 0 radical (unpaired) electrons. The van der Waals surface area contributed by atoms with Crippen molar-refractivity contribution in [1.29, 1.82) is 0 Å². The van der Waals surface area contributed by atoms with E-state index in [1.54, 1.807) is 56.3 Å². The molecule has 23 heteroatoms. The maximum Gasteiger partial charge on any atom is 0.329 e. The highest BCUT2D eigenvalue weighted by Crippen LogP contribution is 2.26. The number of aliphatic imine (C=N–C) groups is 1. The van der Waals surface area contributed by atoms with Crippen molar-refractivity contribution in [3.8, 4) is 5.75 Å². The number of benzene rings is 2. The summed E-state index contributed by atoms with van der Waals surface area (Å²) in [6.07, 6.45) is 0.0365. The molecule has 0 spiro atoms. The summed E-state index contributed by atoms with van der Waals surface area (Å²) in [7, 11) is 2.51. The van der Waals surface area contributed by atoms with E-state index in [0.717, 1.165) is 42.6 Å². The molecule has 1 unspecified atom stereocenters. The van der Waals surface area contributed by atoms with Crippen molar-refractivity contribution in [2.24, 2.45) is 22.4 Å². The van der Waals surface area contributed by atoms with Gasteiger partial charge in [0.05, 0.1) is 7.11 Å². The molecule has 7 amide bonds. The minimum Gasteiger partial charge on any atom is -0.508 e. The number of nitrogens with one attached hydrogen (secondary N) is 5. The van der Waals surface area contributed by atoms with Crippen LogP contribution in [0.5, 0.6) is 5.75 Å². The fraction of sp³-hybridized carbons (Fsp3) is 0.585. The van der Waals surface area contributed by atoms with Gasteiger partial charge in [-0.3, -0.25) is 43.3 Å². The number of methoxy groups -OCH3 is 1. The van der Waals surface area contributed by atoms with E-state index in [1.165, 1.54) is 26.1 Å². The lowest BCUT2D eigenvalue weighted by Crippen LogP contribution is -2.65. The average Bonchev–Trinajstić information content (AvgIpc) is 3.38. The number of phenols is 1. The van der Waals surface area contributed by atoms with E-state index in [4.69, 9.17) is 20.9 Å². The van der Waals surface area contributed by atoms with Crippen LogP contribution in [0.15, 0.2) is 59.6 Å². The molecule has 11 N–H and O–H groups in total. The number of piperidine rings is 1. The molecule has 2 aromatic carbocycles. The number of phenolic OH excluding ortho intramolecular Hbond substituents is 1. The normalized spacial score (nSPS) is 23.4. The van der Waals surface area contributed by atoms with Crippen LogP contribution >= 0.6 is 0 Å². The number of rotatable bonds is 21. The number of likely N-dealkylation sites (N-methyl/N-ethyl adjacent to an activating group) is 1. The Labute approximate surface area is 444 Å². The average molecular weight is 1060 g/mol. The van der Waals surface area contributed by atoms with Crippen LogP contribution in [0.4, 0.5) is 0 Å². The number of guanidine groups is 1. The van der Waals surface area contributed by atoms with Gasteiger partial charge in [-0.25, -0.2) is 4.79 Å². The molecule has 2 aromatic rings. The van der Waals surface area contributed by atoms with Crippen molar-refractivity contribution >= 4 is 59.2 Å². The topological polar surface area (TPSA) is 344 Å². The van der Waals surface area contributed by atoms with Crippen molar-refractivity contribution in [2.45, 2.75) is 172 Å². The molecule has 418 valence electrons. The number of fused-ring (bicyclic) bond motifs is 2. The minimum absolute atomic E-state index is 0.00547. The molecule has 23 nitrogen and oxygen atoms in total. The summed E-state index contributed by atoms with van der Waals surface area (Å²) in [6.45, 7) is 6.58. The third-order valence-corrected chi connectivity index (χ3v) is 13.5. The van der Waals surface area contributed by atoms with E-state index < -0.39 is 114 Å². The Hall–Kier alpha value is -7.30. The zero-order valence-corrected chi connectivity index (χ0v) is 44.5. The van der Waals surface area contributed by atoms with E-state index in [0.29, 0.717) is 17.5 Å². The number of hydrogen-bond acceptors (Lipinski definition) is 14. The Balaban J connectivity index is 1.86. The number of nitrogens with two attached hydrogens (primary N) is 2. The first kappa shape index (κ1) is 61.2. The van der Waals surface area contributed by atoms with Gasteiger partial charge in [0.15, 0.2) is 5.96 Å². The number of amides is 7. The highest BCUT2D eigenvalue weighted by molar-refractivity contribution is 5.98. The third kappa shape index (κ3) is 18.5. The van der Waals surface area contributed by atoms with Crippen molar-refractivity contribution in [3.05, 3.63) is 65.7 Å². The molecule has 9 atom stereocenters. The van der Waals surface area contributed by atoms with Crippen molar-refractivity contribution < 1.29 is 62.8 Å². The Morgan fingerprint density at radius 1 is 0.829 bits per heavy atom. The second kappa shape index (κ2) is 30.3. The lowest BCUT2D eigenvalue weighted by Gasteiger charge is -2.43. The van der Waals surface area contributed by atoms with E-state index in [-0.39, 0.29) is 76.0 Å². The summed E-state index contributed by atoms with van der Waals surface area (Å²) in [4.78, 5) is 134. The zero-order chi connectivity index (χ0) is 56.1. The number of ether oxygens (including phenoxy) is 2. The molecule has 0 saturated carbocycles. The van der Waals surface area contributed by atoms with Crippen LogP contribution in [0, 0.1) is 5.92 Å². The summed E-state index contributed by atoms with van der Waals surface area (Å²) < 4.78 is 10.7. The van der Waals surface area contributed by atoms with Crippen molar-refractivity contribution in [2.75, 3.05) is 20.7 Å². The molecule has 2 bridgehead atoms. The number of unbranched alkanes of at least 4 members (excludes halogenated alkanes) is 4. The molecule has 2 saturated heterocycles. The van der Waals surface area contributed by atoms with E-state index >= 15 is 4.79 Å². The Morgan fingerprint density at radius 2 is 1.49 bits per heavy atom. The summed E-state index contributed by atoms with van der Waals surface area (Å²) in [5, 5.41) is 35.0. The molecule has 4 rings (SSSR count). The summed E-state index contributed by atoms with van der Waals surface area (Å²) >= 11 is 0. The van der Waals surface area contributed by atoms with Crippen molar-refractivity contribution in [3.63, 3.8) is 0 Å². The molecule has 76 heavy (non-hydrogen) atoms. The van der Waals surface area contributed by atoms with Gasteiger partial charge < -0.3 is 67.5 Å². The minimum atomic E-state index is -1.81. The van der Waals surface area contributed by atoms with Gasteiger partial charge in [-0.15, -0.1) is 0 Å². The van der Waals surface area contributed by atoms with Crippen LogP contribution in [0.3, 0.4) is 0 Å². The van der Waals surface area contributed by atoms with E-state index in [9.17, 15) is 48.6 Å². The number of cyclic esters (lactones) is 1. The fourth-order valence-electron chi connectivity index (χ4n) is 9.01. The smallest absolute Gasteiger partial charge is 0.329 e. The monoisotopic (exact) mass is 1060 g/mol. The molecular weight excluding hydrogens is 985 g/mol. The summed E-state index contributed by atoms with van der Waals surface area (Å²) in [6, 6.07) is 4.22. The Morgan fingerprint density at radius 3 is 2.13 bits per heavy atom. The largest absolute Gasteiger partial charge is 0.508 e. The van der Waals surface area contributed by atoms with Crippen LogP contribution < -0.4 is 38.1 Å². The van der Waals surface area contributed by atoms with E-state index in [2.05, 4.69) is 38.5 Å². The Kier molecular flexibility index (Phi) is 24.4. The third-order valence-electron chi connectivity index (χ3n) is 13.5. The number of aliphatic hydroxyl groups is 1. The van der Waals surface area contributed by atoms with E-state index in [1.807, 2.05) is 0 Å². The number of esters is 2. The van der Waals surface area contributed by atoms with Crippen LogP contribution in [0.1, 0.15) is 116 Å². The van der Waals surface area contributed by atoms with Gasteiger partial charge in [-0.2, -0.15) is 0 Å². The fourth-order valence-corrected chi connectivity index (χ4v) is 9.01. The molecule has 0 aliphatic carbocycles. The number of carbonyl (C=O) groups excluding carboxylic acids is 9. The predicted molar refractivity (Wildman–Crippen MR) is 279 cm³/mol. The highest BCUT2D eigenvalue weighted by Gasteiger charge is 2.46. The zero-order valence-electron chi connectivity index (χ0n) is 44.5. The number of nitrogens with zero attached hydrogens (tertiary/aromatic N) is 3. The number of carbonyl (C=O) groups is 9. The van der Waals surface area contributed by atoms with Crippen LogP contribution in [0.2, 0.25) is 0 Å². The first-order valence-corrected chi connectivity index (χ1v) is 26.1. The summed E-state index contributed by atoms with van der Waals surface area (Å²) in [5.74, 6) is -8.56. The molecule has 2 heterocycles. The van der Waals surface area contributed by atoms with Gasteiger partial charge >= 0.3 is 11.9 Å². The number of aromatic hydroxyl groups is 1. The second-order valence-corrected chi connectivity index (χ2v) is 19.7. The first-order valence-electron chi connectivity index (χ1n) is 26.1. The highest BCUT2D eigenvalue weighted by atomic mass is 16.5. The van der Waals surface area contributed by atoms with Crippen molar-refractivity contribution in [1.82, 2.24) is 36.4 Å². The molecule has 0 aromatic heterocycles. The SMILES string of the molecule is CCCCCCCC(=O)N[C@@H](CCC(=O)OC)C(=O)N[C@@H]1C(=O)N[C@@H](CCCN=C(N)N)C(=O)N[C@H]2CC[C@@H](O)N(C2=O)[C@@H](Cc2ccccc2)C(=O)N(C)[C@@H](Cc2ccc(O)cc2)C(=O)NC(C(C)C)C(=O)O[C@@H]1C. The van der Waals surface area contributed by atoms with Gasteiger partial charge in [0, 0.05) is 39.3 Å². The van der Waals surface area contributed by atoms with Gasteiger partial charge in [-0.05, 0) is 74.6 Å². The van der Waals surface area contributed by atoms with Gasteiger partial charge in [-0.1, -0.05) is 88.9 Å². The molecule has 2 aliphatic rings. The quantitative estimate of drug-likeness (QED) is 0.0360. The maximum absolute atomic E-state index is 15.1. The lowest BCUT2D eigenvalue weighted by atomic mass is 9.95. The number of aliphatic hydroxyl groups excluding tert-OH is 1. The standard InChI is InChI=1S/C53H78N10O13/c1-7-8-9-10-14-19-41(65)57-37(25-27-43(67)75-6)47(69)61-45-32(4)76-52(74)44(31(2)3)60-48(70)39(29-34-20-22-35(64)23-21-34)62(5)51(73)40(30-33-16-12-11-13-17-33)63-42(66)26-24-38(50(63)72)59-46(68)36(58-49(45)71)18-15-28-56-53(54)55/h11-13,16-17,20-23,31-32,36-40,42,44-45,64,66H,7-10,14-15,18-19,24-30H2,1-6H3,(H,57,65)(H,58,71)(H,59,68)(H,60,70)(H,61,69)(H4,54,55,56)/t32-,36+,37+,38+,39+,40+,42-,44?,45+/m1/s1. The van der Waals surface area contributed by atoms with Crippen LogP contribution in [0.25, 0.3) is 0 Å². The molecule has 2 aliphatic heterocycles. The first-order chi connectivity index (χ1) is 36.1. The summed E-state index contributed by atoms with van der Waals surface area (Å²) in [5.41, 5.74) is 12.2.